The summed E-state index contributed by atoms with van der Waals surface area (Å²) in [5, 5.41) is 6.41. The fraction of sp³-hybridized carbons (Fsp3) is 0.0741. The van der Waals surface area contributed by atoms with Crippen LogP contribution >= 0.6 is 0 Å². The van der Waals surface area contributed by atoms with E-state index in [1.807, 2.05) is 77.3 Å². The number of benzene rings is 3. The van der Waals surface area contributed by atoms with Crippen LogP contribution in [-0.4, -0.2) is 27.4 Å². The molecule has 0 radical (unpaired) electrons. The highest BCUT2D eigenvalue weighted by Gasteiger charge is 2.15. The van der Waals surface area contributed by atoms with Crippen molar-refractivity contribution in [3.05, 3.63) is 109 Å². The lowest BCUT2D eigenvalue weighted by molar-refractivity contribution is 0.0951. The van der Waals surface area contributed by atoms with Gasteiger partial charge in [-0.1, -0.05) is 30.3 Å². The number of methoxy groups -OCH3 is 1. The van der Waals surface area contributed by atoms with E-state index in [1.54, 1.807) is 31.6 Å². The van der Waals surface area contributed by atoms with E-state index in [4.69, 9.17) is 9.72 Å². The van der Waals surface area contributed by atoms with Crippen LogP contribution in [0.2, 0.25) is 0 Å². The van der Waals surface area contributed by atoms with Gasteiger partial charge in [0.25, 0.3) is 5.91 Å². The Morgan fingerprint density at radius 3 is 2.47 bits per heavy atom. The second kappa shape index (κ2) is 9.46. The van der Waals surface area contributed by atoms with E-state index in [9.17, 15) is 4.79 Å². The molecule has 0 aliphatic rings. The average molecular weight is 450 g/mol. The summed E-state index contributed by atoms with van der Waals surface area (Å²) in [6, 6.07) is 25.0. The molecule has 0 unspecified atom stereocenters. The predicted molar refractivity (Wildman–Crippen MR) is 132 cm³/mol. The van der Waals surface area contributed by atoms with Gasteiger partial charge < -0.3 is 15.4 Å². The number of hydrogen-bond acceptors (Lipinski definition) is 5. The van der Waals surface area contributed by atoms with E-state index in [0.717, 1.165) is 39.7 Å². The van der Waals surface area contributed by atoms with Gasteiger partial charge in [-0.05, 0) is 54.1 Å². The van der Waals surface area contributed by atoms with E-state index in [-0.39, 0.29) is 5.91 Å². The number of imidazole rings is 1. The van der Waals surface area contributed by atoms with Crippen LogP contribution < -0.4 is 15.4 Å². The van der Waals surface area contributed by atoms with Crippen LogP contribution in [0.15, 0.2) is 97.5 Å². The number of carbonyl (C=O) groups excluding carboxylic acids is 1. The van der Waals surface area contributed by atoms with Crippen molar-refractivity contribution in [3.8, 4) is 17.0 Å². The number of anilines is 2. The van der Waals surface area contributed by atoms with Crippen molar-refractivity contribution in [1.82, 2.24) is 19.7 Å². The standard InChI is InChI=1S/C27H23N5O2/c1-34-23-13-9-20(10-14-23)25-26(32-16-15-28-18-24(32)31-25)30-22-11-7-21(8-12-22)27(33)29-17-19-5-3-2-4-6-19/h2-16,18,30H,17H2,1H3,(H,29,33). The van der Waals surface area contributed by atoms with Gasteiger partial charge in [-0.25, -0.2) is 4.98 Å². The fourth-order valence-corrected chi connectivity index (χ4v) is 3.70. The molecule has 168 valence electrons. The molecule has 0 atom stereocenters. The molecular weight excluding hydrogens is 426 g/mol. The Labute approximate surface area is 197 Å². The van der Waals surface area contributed by atoms with Gasteiger partial charge in [0.05, 0.1) is 13.3 Å². The maximum Gasteiger partial charge on any atom is 0.251 e. The van der Waals surface area contributed by atoms with Crippen LogP contribution in [0, 0.1) is 0 Å². The smallest absolute Gasteiger partial charge is 0.251 e. The normalized spacial score (nSPS) is 10.7. The first-order valence-electron chi connectivity index (χ1n) is 10.9. The average Bonchev–Trinajstić information content (AvgIpc) is 3.26. The molecule has 1 amide bonds. The first-order valence-corrected chi connectivity index (χ1v) is 10.9. The highest BCUT2D eigenvalue weighted by Crippen LogP contribution is 2.32. The minimum Gasteiger partial charge on any atom is -0.497 e. The molecule has 3 aromatic carbocycles. The number of rotatable bonds is 7. The third kappa shape index (κ3) is 4.45. The van der Waals surface area contributed by atoms with Gasteiger partial charge >= 0.3 is 0 Å². The molecule has 2 heterocycles. The molecule has 2 aromatic heterocycles. The summed E-state index contributed by atoms with van der Waals surface area (Å²) in [6.45, 7) is 0.487. The number of carbonyl (C=O) groups is 1. The quantitative estimate of drug-likeness (QED) is 0.362. The Morgan fingerprint density at radius 1 is 0.971 bits per heavy atom. The van der Waals surface area contributed by atoms with Crippen molar-refractivity contribution in [2.24, 2.45) is 0 Å². The van der Waals surface area contributed by atoms with Gasteiger partial charge in [0.1, 0.15) is 17.3 Å². The highest BCUT2D eigenvalue weighted by atomic mass is 16.5. The Morgan fingerprint density at radius 2 is 1.74 bits per heavy atom. The molecule has 5 rings (SSSR count). The van der Waals surface area contributed by atoms with Crippen LogP contribution in [0.1, 0.15) is 15.9 Å². The van der Waals surface area contributed by atoms with Gasteiger partial charge in [0, 0.05) is 35.8 Å². The zero-order chi connectivity index (χ0) is 23.3. The Kier molecular flexibility index (Phi) is 5.90. The molecule has 0 bridgehead atoms. The number of aromatic nitrogens is 3. The molecule has 0 fully saturated rings. The van der Waals surface area contributed by atoms with E-state index >= 15 is 0 Å². The summed E-state index contributed by atoms with van der Waals surface area (Å²) in [5.74, 6) is 1.48. The maximum atomic E-state index is 12.5. The zero-order valence-corrected chi connectivity index (χ0v) is 18.6. The summed E-state index contributed by atoms with van der Waals surface area (Å²) in [7, 11) is 1.64. The molecule has 0 saturated carbocycles. The first kappa shape index (κ1) is 21.2. The van der Waals surface area contributed by atoms with Crippen LogP contribution in [-0.2, 0) is 6.54 Å². The monoisotopic (exact) mass is 449 g/mol. The van der Waals surface area contributed by atoms with E-state index in [0.29, 0.717) is 12.1 Å². The number of fused-ring (bicyclic) bond motifs is 1. The maximum absolute atomic E-state index is 12.5. The van der Waals surface area contributed by atoms with Crippen LogP contribution in [0.5, 0.6) is 5.75 Å². The number of amides is 1. The van der Waals surface area contributed by atoms with E-state index in [2.05, 4.69) is 15.6 Å². The third-order valence-corrected chi connectivity index (χ3v) is 5.50. The lowest BCUT2D eigenvalue weighted by Gasteiger charge is -2.10. The number of nitrogens with zero attached hydrogens (tertiary/aromatic N) is 3. The Balaban J connectivity index is 1.38. The van der Waals surface area contributed by atoms with Crippen molar-refractivity contribution in [1.29, 1.82) is 0 Å². The fourth-order valence-electron chi connectivity index (χ4n) is 3.70. The molecule has 7 heteroatoms. The number of hydrogen-bond donors (Lipinski definition) is 2. The zero-order valence-electron chi connectivity index (χ0n) is 18.6. The predicted octanol–water partition coefficient (Wildman–Crippen LogP) is 5.08. The summed E-state index contributed by atoms with van der Waals surface area (Å²) in [4.78, 5) is 21.5. The van der Waals surface area contributed by atoms with Crippen molar-refractivity contribution < 1.29 is 9.53 Å². The minimum atomic E-state index is -0.116. The molecule has 2 N–H and O–H groups in total. The lowest BCUT2D eigenvalue weighted by atomic mass is 10.1. The van der Waals surface area contributed by atoms with Gasteiger partial charge in [-0.2, -0.15) is 0 Å². The van der Waals surface area contributed by atoms with E-state index < -0.39 is 0 Å². The Hall–Kier alpha value is -4.65. The molecule has 34 heavy (non-hydrogen) atoms. The summed E-state index contributed by atoms with van der Waals surface area (Å²) < 4.78 is 7.23. The number of ether oxygens (including phenoxy) is 1. The summed E-state index contributed by atoms with van der Waals surface area (Å²) in [6.07, 6.45) is 5.30. The molecule has 5 aromatic rings. The van der Waals surface area contributed by atoms with Crippen molar-refractivity contribution >= 4 is 23.1 Å². The molecule has 0 saturated heterocycles. The molecule has 0 aliphatic heterocycles. The molecule has 0 spiro atoms. The van der Waals surface area contributed by atoms with Gasteiger partial charge in [0.2, 0.25) is 0 Å². The molecule has 0 aliphatic carbocycles. The van der Waals surface area contributed by atoms with Gasteiger partial charge in [0.15, 0.2) is 5.65 Å². The summed E-state index contributed by atoms with van der Waals surface area (Å²) >= 11 is 0. The third-order valence-electron chi connectivity index (χ3n) is 5.50. The van der Waals surface area contributed by atoms with Gasteiger partial charge in [-0.15, -0.1) is 0 Å². The summed E-state index contributed by atoms with van der Waals surface area (Å²) in [5.41, 5.74) is 4.96. The topological polar surface area (TPSA) is 80.6 Å². The SMILES string of the molecule is COc1ccc(-c2nc3cnccn3c2Nc2ccc(C(=O)NCc3ccccc3)cc2)cc1. The highest BCUT2D eigenvalue weighted by molar-refractivity contribution is 5.94. The lowest BCUT2D eigenvalue weighted by Crippen LogP contribution is -2.22. The first-order chi connectivity index (χ1) is 16.7. The van der Waals surface area contributed by atoms with Crippen LogP contribution in [0.25, 0.3) is 16.9 Å². The van der Waals surface area contributed by atoms with Crippen molar-refractivity contribution in [2.75, 3.05) is 12.4 Å². The van der Waals surface area contributed by atoms with Crippen LogP contribution in [0.3, 0.4) is 0 Å². The molecule has 7 nitrogen and oxygen atoms in total. The van der Waals surface area contributed by atoms with Crippen molar-refractivity contribution in [3.63, 3.8) is 0 Å². The van der Waals surface area contributed by atoms with Gasteiger partial charge in [-0.3, -0.25) is 14.2 Å². The number of nitrogens with one attached hydrogen (secondary N) is 2. The Bertz CT molecular complexity index is 1410. The second-order valence-corrected chi connectivity index (χ2v) is 7.71. The minimum absolute atomic E-state index is 0.116. The largest absolute Gasteiger partial charge is 0.497 e. The second-order valence-electron chi connectivity index (χ2n) is 7.71. The van der Waals surface area contributed by atoms with E-state index in [1.165, 1.54) is 0 Å². The molecular formula is C27H23N5O2. The van der Waals surface area contributed by atoms with Crippen molar-refractivity contribution in [2.45, 2.75) is 6.54 Å². The van der Waals surface area contributed by atoms with Crippen LogP contribution in [0.4, 0.5) is 11.5 Å².